The zero-order valence-electron chi connectivity index (χ0n) is 6.25. The summed E-state index contributed by atoms with van der Waals surface area (Å²) in [4.78, 5) is 0. The third-order valence-electron chi connectivity index (χ3n) is 3.03. The maximum Gasteiger partial charge on any atom is 0.00699 e. The van der Waals surface area contributed by atoms with E-state index >= 15 is 0 Å². The molecule has 0 spiro atoms. The Hall–Kier alpha value is 0.250. The van der Waals surface area contributed by atoms with Crippen LogP contribution in [-0.4, -0.2) is 6.04 Å². The standard InChI is InChI=1S/C8H15N.ClH/c9-8-5-6-2-1-3-7(8)4-6;/h6-8H,1-5,9H2;1H/t6-,7+,8-;/m1./s1. The SMILES string of the molecule is Cl.N[C@@H]1C[C@@H]2CCC[C@H]1C2. The van der Waals surface area contributed by atoms with Gasteiger partial charge in [-0.2, -0.15) is 0 Å². The molecule has 2 heteroatoms. The second kappa shape index (κ2) is 3.10. The summed E-state index contributed by atoms with van der Waals surface area (Å²) in [5, 5.41) is 0. The van der Waals surface area contributed by atoms with Gasteiger partial charge in [0, 0.05) is 6.04 Å². The van der Waals surface area contributed by atoms with Crippen molar-refractivity contribution in [1.82, 2.24) is 0 Å². The van der Waals surface area contributed by atoms with Gasteiger partial charge in [-0.3, -0.25) is 0 Å². The van der Waals surface area contributed by atoms with Crippen LogP contribution in [0.1, 0.15) is 32.1 Å². The molecule has 2 aliphatic carbocycles. The first-order valence-electron chi connectivity index (χ1n) is 4.12. The summed E-state index contributed by atoms with van der Waals surface area (Å²) in [6.45, 7) is 0. The predicted octanol–water partition coefficient (Wildman–Crippen LogP) is 1.95. The summed E-state index contributed by atoms with van der Waals surface area (Å²) >= 11 is 0. The minimum Gasteiger partial charge on any atom is -0.327 e. The largest absolute Gasteiger partial charge is 0.327 e. The van der Waals surface area contributed by atoms with Crippen LogP contribution >= 0.6 is 12.4 Å². The topological polar surface area (TPSA) is 26.0 Å². The average Bonchev–Trinajstić information content (AvgIpc) is 2.09. The van der Waals surface area contributed by atoms with Gasteiger partial charge in [-0.25, -0.2) is 0 Å². The molecule has 0 aromatic carbocycles. The summed E-state index contributed by atoms with van der Waals surface area (Å²) in [5.74, 6) is 1.92. The number of hydrogen-bond acceptors (Lipinski definition) is 1. The van der Waals surface area contributed by atoms with Gasteiger partial charge in [-0.05, 0) is 31.1 Å². The molecule has 0 heterocycles. The van der Waals surface area contributed by atoms with E-state index in [2.05, 4.69) is 0 Å². The highest BCUT2D eigenvalue weighted by molar-refractivity contribution is 5.85. The molecular weight excluding hydrogens is 146 g/mol. The van der Waals surface area contributed by atoms with Crippen LogP contribution in [0.3, 0.4) is 0 Å². The molecule has 2 fully saturated rings. The summed E-state index contributed by atoms with van der Waals surface area (Å²) in [7, 11) is 0. The van der Waals surface area contributed by atoms with Crippen molar-refractivity contribution in [3.05, 3.63) is 0 Å². The highest BCUT2D eigenvalue weighted by Crippen LogP contribution is 2.40. The maximum absolute atomic E-state index is 5.92. The number of hydrogen-bond donors (Lipinski definition) is 1. The lowest BCUT2D eigenvalue weighted by Gasteiger charge is -2.18. The Bertz CT molecular complexity index is 114. The van der Waals surface area contributed by atoms with Crippen molar-refractivity contribution in [2.75, 3.05) is 0 Å². The number of rotatable bonds is 0. The van der Waals surface area contributed by atoms with E-state index in [-0.39, 0.29) is 12.4 Å². The lowest BCUT2D eigenvalue weighted by atomic mass is 9.89. The molecule has 2 rings (SSSR count). The Morgan fingerprint density at radius 1 is 1.10 bits per heavy atom. The van der Waals surface area contributed by atoms with Gasteiger partial charge in [-0.1, -0.05) is 12.8 Å². The Morgan fingerprint density at radius 2 is 1.90 bits per heavy atom. The van der Waals surface area contributed by atoms with E-state index in [0.717, 1.165) is 11.8 Å². The van der Waals surface area contributed by atoms with Crippen molar-refractivity contribution in [2.24, 2.45) is 17.6 Å². The van der Waals surface area contributed by atoms with E-state index in [0.29, 0.717) is 6.04 Å². The molecule has 0 aliphatic heterocycles. The molecule has 0 radical (unpaired) electrons. The third kappa shape index (κ3) is 1.30. The first-order chi connectivity index (χ1) is 4.36. The van der Waals surface area contributed by atoms with Gasteiger partial charge in [0.15, 0.2) is 0 Å². The van der Waals surface area contributed by atoms with E-state index in [4.69, 9.17) is 5.73 Å². The van der Waals surface area contributed by atoms with E-state index in [1.807, 2.05) is 0 Å². The lowest BCUT2D eigenvalue weighted by molar-refractivity contribution is 0.350. The molecular formula is C8H16ClN. The summed E-state index contributed by atoms with van der Waals surface area (Å²) in [6.07, 6.45) is 7.09. The monoisotopic (exact) mass is 161 g/mol. The van der Waals surface area contributed by atoms with Crippen LogP contribution in [-0.2, 0) is 0 Å². The zero-order chi connectivity index (χ0) is 6.27. The molecule has 60 valence electrons. The highest BCUT2D eigenvalue weighted by atomic mass is 35.5. The van der Waals surface area contributed by atoms with E-state index in [1.54, 1.807) is 0 Å². The molecule has 2 aliphatic rings. The lowest BCUT2D eigenvalue weighted by Crippen LogP contribution is -2.23. The number of halogens is 1. The second-order valence-corrected chi connectivity index (χ2v) is 3.69. The molecule has 10 heavy (non-hydrogen) atoms. The molecule has 0 aromatic rings. The van der Waals surface area contributed by atoms with Crippen LogP contribution in [0, 0.1) is 11.8 Å². The van der Waals surface area contributed by atoms with Crippen molar-refractivity contribution < 1.29 is 0 Å². The zero-order valence-corrected chi connectivity index (χ0v) is 7.07. The van der Waals surface area contributed by atoms with Gasteiger partial charge in [0.25, 0.3) is 0 Å². The number of nitrogens with two attached hydrogens (primary N) is 1. The quantitative estimate of drug-likeness (QED) is 0.578. The maximum atomic E-state index is 5.92. The van der Waals surface area contributed by atoms with E-state index in [1.165, 1.54) is 32.1 Å². The van der Waals surface area contributed by atoms with Crippen LogP contribution in [0.25, 0.3) is 0 Å². The van der Waals surface area contributed by atoms with Gasteiger partial charge in [0.05, 0.1) is 0 Å². The second-order valence-electron chi connectivity index (χ2n) is 3.69. The third-order valence-corrected chi connectivity index (χ3v) is 3.03. The average molecular weight is 162 g/mol. The molecule has 1 nitrogen and oxygen atoms in total. The summed E-state index contributed by atoms with van der Waals surface area (Å²) in [5.41, 5.74) is 5.92. The van der Waals surface area contributed by atoms with Crippen LogP contribution in [0.4, 0.5) is 0 Å². The Balaban J connectivity index is 0.000000500. The van der Waals surface area contributed by atoms with Crippen LogP contribution in [0.5, 0.6) is 0 Å². The van der Waals surface area contributed by atoms with Gasteiger partial charge >= 0.3 is 0 Å². The van der Waals surface area contributed by atoms with Crippen molar-refractivity contribution in [3.63, 3.8) is 0 Å². The molecule has 2 bridgehead atoms. The number of fused-ring (bicyclic) bond motifs is 2. The predicted molar refractivity (Wildman–Crippen MR) is 45.3 cm³/mol. The summed E-state index contributed by atoms with van der Waals surface area (Å²) < 4.78 is 0. The van der Waals surface area contributed by atoms with Crippen molar-refractivity contribution >= 4 is 12.4 Å². The molecule has 2 N–H and O–H groups in total. The van der Waals surface area contributed by atoms with Crippen LogP contribution in [0.2, 0.25) is 0 Å². The van der Waals surface area contributed by atoms with E-state index in [9.17, 15) is 0 Å². The molecule has 3 atom stereocenters. The first kappa shape index (κ1) is 8.35. The van der Waals surface area contributed by atoms with Crippen molar-refractivity contribution in [2.45, 2.75) is 38.1 Å². The van der Waals surface area contributed by atoms with Gasteiger partial charge in [0.2, 0.25) is 0 Å². The van der Waals surface area contributed by atoms with Crippen LogP contribution < -0.4 is 5.73 Å². The van der Waals surface area contributed by atoms with Gasteiger partial charge in [0.1, 0.15) is 0 Å². The first-order valence-corrected chi connectivity index (χ1v) is 4.12. The highest BCUT2D eigenvalue weighted by Gasteiger charge is 2.34. The van der Waals surface area contributed by atoms with Gasteiger partial charge < -0.3 is 5.73 Å². The Kier molecular flexibility index (Phi) is 2.59. The molecule has 0 aromatic heterocycles. The fourth-order valence-corrected chi connectivity index (χ4v) is 2.51. The van der Waals surface area contributed by atoms with Crippen molar-refractivity contribution in [3.8, 4) is 0 Å². The summed E-state index contributed by atoms with van der Waals surface area (Å²) in [6, 6.07) is 0.567. The molecule has 0 unspecified atom stereocenters. The minimum absolute atomic E-state index is 0. The van der Waals surface area contributed by atoms with Gasteiger partial charge in [-0.15, -0.1) is 12.4 Å². The van der Waals surface area contributed by atoms with Crippen molar-refractivity contribution in [1.29, 1.82) is 0 Å². The minimum atomic E-state index is 0. The van der Waals surface area contributed by atoms with Crippen LogP contribution in [0.15, 0.2) is 0 Å². The molecule has 0 saturated heterocycles. The fraction of sp³-hybridized carbons (Fsp3) is 1.00. The fourth-order valence-electron chi connectivity index (χ4n) is 2.51. The molecule has 0 amide bonds. The van der Waals surface area contributed by atoms with E-state index < -0.39 is 0 Å². The molecule has 2 saturated carbocycles. The Morgan fingerprint density at radius 3 is 2.50 bits per heavy atom. The smallest absolute Gasteiger partial charge is 0.00699 e. The Labute approximate surface area is 68.8 Å². The normalized spacial score (nSPS) is 44.7.